The van der Waals surface area contributed by atoms with Crippen LogP contribution in [-0.4, -0.2) is 0 Å². The SMILES string of the molecule is Cc1ccc(C(Br)Cc2ccccc2C)cc1Br. The quantitative estimate of drug-likeness (QED) is 0.606. The van der Waals surface area contributed by atoms with Gasteiger partial charge in [-0.2, -0.15) is 0 Å². The minimum Gasteiger partial charge on any atom is -0.0835 e. The summed E-state index contributed by atoms with van der Waals surface area (Å²) in [4.78, 5) is 0.357. The van der Waals surface area contributed by atoms with Crippen molar-refractivity contribution in [1.82, 2.24) is 0 Å². The highest BCUT2D eigenvalue weighted by Gasteiger charge is 2.10. The molecule has 0 amide bonds. The minimum absolute atomic E-state index is 0.357. The molecule has 2 aromatic rings. The molecule has 0 aliphatic rings. The molecule has 0 saturated heterocycles. The molecule has 0 aromatic heterocycles. The first kappa shape index (κ1) is 13.8. The van der Waals surface area contributed by atoms with E-state index >= 15 is 0 Å². The van der Waals surface area contributed by atoms with Gasteiger partial charge in [-0.05, 0) is 48.6 Å². The third-order valence-corrected chi connectivity index (χ3v) is 4.92. The fourth-order valence-corrected chi connectivity index (χ4v) is 2.98. The summed E-state index contributed by atoms with van der Waals surface area (Å²) in [6.07, 6.45) is 1.02. The van der Waals surface area contributed by atoms with E-state index in [1.54, 1.807) is 0 Å². The summed E-state index contributed by atoms with van der Waals surface area (Å²) in [6.45, 7) is 4.28. The molecule has 18 heavy (non-hydrogen) atoms. The largest absolute Gasteiger partial charge is 0.0835 e. The maximum Gasteiger partial charge on any atom is 0.0436 e. The van der Waals surface area contributed by atoms with Crippen molar-refractivity contribution in [3.8, 4) is 0 Å². The van der Waals surface area contributed by atoms with E-state index in [1.165, 1.54) is 26.7 Å². The summed E-state index contributed by atoms with van der Waals surface area (Å²) < 4.78 is 1.18. The second-order valence-corrected chi connectivity index (χ2v) is 6.57. The van der Waals surface area contributed by atoms with E-state index in [4.69, 9.17) is 0 Å². The second kappa shape index (κ2) is 6.03. The number of aryl methyl sites for hydroxylation is 2. The van der Waals surface area contributed by atoms with Gasteiger partial charge in [0.1, 0.15) is 0 Å². The molecular formula is C16H16Br2. The Bertz CT molecular complexity index is 547. The van der Waals surface area contributed by atoms with Crippen LogP contribution >= 0.6 is 31.9 Å². The molecule has 0 aliphatic heterocycles. The lowest BCUT2D eigenvalue weighted by atomic mass is 10.00. The average Bonchev–Trinajstić information content (AvgIpc) is 2.35. The zero-order valence-corrected chi connectivity index (χ0v) is 13.8. The van der Waals surface area contributed by atoms with Crippen LogP contribution in [0.4, 0.5) is 0 Å². The highest BCUT2D eigenvalue weighted by molar-refractivity contribution is 9.10. The van der Waals surface area contributed by atoms with Crippen molar-refractivity contribution in [3.05, 3.63) is 69.2 Å². The molecule has 0 spiro atoms. The molecular weight excluding hydrogens is 352 g/mol. The standard InChI is InChI=1S/C16H16Br2/c1-11-5-3-4-6-13(11)9-16(18)14-8-7-12(2)15(17)10-14/h3-8,10,16H,9H2,1-2H3. The molecule has 0 radical (unpaired) electrons. The summed E-state index contributed by atoms with van der Waals surface area (Å²) in [5, 5.41) is 0. The first-order chi connectivity index (χ1) is 8.58. The van der Waals surface area contributed by atoms with E-state index in [-0.39, 0.29) is 0 Å². The van der Waals surface area contributed by atoms with Crippen LogP contribution < -0.4 is 0 Å². The molecule has 1 atom stereocenters. The van der Waals surface area contributed by atoms with Crippen molar-refractivity contribution >= 4 is 31.9 Å². The Balaban J connectivity index is 2.19. The third kappa shape index (κ3) is 3.24. The molecule has 0 heterocycles. The van der Waals surface area contributed by atoms with Crippen molar-refractivity contribution in [2.24, 2.45) is 0 Å². The highest BCUT2D eigenvalue weighted by Crippen LogP contribution is 2.30. The van der Waals surface area contributed by atoms with E-state index in [1.807, 2.05) is 0 Å². The number of halogens is 2. The number of hydrogen-bond donors (Lipinski definition) is 0. The summed E-state index contributed by atoms with van der Waals surface area (Å²) in [5.74, 6) is 0. The van der Waals surface area contributed by atoms with Crippen LogP contribution in [0.15, 0.2) is 46.9 Å². The lowest BCUT2D eigenvalue weighted by Crippen LogP contribution is -1.97. The van der Waals surface area contributed by atoms with E-state index in [9.17, 15) is 0 Å². The van der Waals surface area contributed by atoms with Gasteiger partial charge in [0.2, 0.25) is 0 Å². The zero-order valence-electron chi connectivity index (χ0n) is 10.6. The topological polar surface area (TPSA) is 0 Å². The molecule has 94 valence electrons. The van der Waals surface area contributed by atoms with E-state index in [0.29, 0.717) is 4.83 Å². The molecule has 0 saturated carbocycles. The van der Waals surface area contributed by atoms with Gasteiger partial charge >= 0.3 is 0 Å². The molecule has 2 aromatic carbocycles. The van der Waals surface area contributed by atoms with Crippen molar-refractivity contribution in [3.63, 3.8) is 0 Å². The number of rotatable bonds is 3. The predicted octanol–water partition coefficient (Wildman–Crippen LogP) is 5.74. The first-order valence-corrected chi connectivity index (χ1v) is 7.73. The van der Waals surface area contributed by atoms with Gasteiger partial charge in [-0.25, -0.2) is 0 Å². The van der Waals surface area contributed by atoms with Crippen LogP contribution in [-0.2, 0) is 6.42 Å². The van der Waals surface area contributed by atoms with Gasteiger partial charge in [0, 0.05) is 9.30 Å². The smallest absolute Gasteiger partial charge is 0.0436 e. The normalized spacial score (nSPS) is 12.4. The molecule has 0 N–H and O–H groups in total. The monoisotopic (exact) mass is 366 g/mol. The first-order valence-electron chi connectivity index (χ1n) is 6.02. The van der Waals surface area contributed by atoms with Crippen molar-refractivity contribution < 1.29 is 0 Å². The highest BCUT2D eigenvalue weighted by atomic mass is 79.9. The van der Waals surface area contributed by atoms with Crippen molar-refractivity contribution in [2.75, 3.05) is 0 Å². The van der Waals surface area contributed by atoms with Crippen molar-refractivity contribution in [2.45, 2.75) is 25.1 Å². The van der Waals surface area contributed by atoms with Gasteiger partial charge < -0.3 is 0 Å². The van der Waals surface area contributed by atoms with Crippen LogP contribution in [0.5, 0.6) is 0 Å². The molecule has 2 heteroatoms. The number of alkyl halides is 1. The Kier molecular flexibility index (Phi) is 4.63. The Labute approximate surface area is 126 Å². The number of hydrogen-bond acceptors (Lipinski definition) is 0. The second-order valence-electron chi connectivity index (χ2n) is 4.61. The predicted molar refractivity (Wildman–Crippen MR) is 85.4 cm³/mol. The average molecular weight is 368 g/mol. The molecule has 0 aliphatic carbocycles. The van der Waals surface area contributed by atoms with Gasteiger partial charge in [0.05, 0.1) is 0 Å². The molecule has 2 rings (SSSR count). The maximum absolute atomic E-state index is 3.79. The van der Waals surface area contributed by atoms with E-state index in [2.05, 4.69) is 88.2 Å². The minimum atomic E-state index is 0.357. The van der Waals surface area contributed by atoms with E-state index in [0.717, 1.165) is 6.42 Å². The Hall–Kier alpha value is -0.600. The lowest BCUT2D eigenvalue weighted by molar-refractivity contribution is 0.936. The van der Waals surface area contributed by atoms with Crippen LogP contribution in [0, 0.1) is 13.8 Å². The van der Waals surface area contributed by atoms with Crippen LogP contribution in [0.1, 0.15) is 27.1 Å². The van der Waals surface area contributed by atoms with Gasteiger partial charge in [-0.3, -0.25) is 0 Å². The lowest BCUT2D eigenvalue weighted by Gasteiger charge is -2.13. The van der Waals surface area contributed by atoms with Crippen LogP contribution in [0.25, 0.3) is 0 Å². The van der Waals surface area contributed by atoms with Gasteiger partial charge in [0.15, 0.2) is 0 Å². The van der Waals surface area contributed by atoms with Crippen molar-refractivity contribution in [1.29, 1.82) is 0 Å². The Morgan fingerprint density at radius 3 is 2.39 bits per heavy atom. The fourth-order valence-electron chi connectivity index (χ4n) is 1.95. The van der Waals surface area contributed by atoms with E-state index < -0.39 is 0 Å². The summed E-state index contributed by atoms with van der Waals surface area (Å²) in [6, 6.07) is 15.1. The fraction of sp³-hybridized carbons (Fsp3) is 0.250. The molecule has 1 unspecified atom stereocenters. The Morgan fingerprint density at radius 2 is 1.72 bits per heavy atom. The third-order valence-electron chi connectivity index (χ3n) is 3.22. The number of benzene rings is 2. The molecule has 0 fully saturated rings. The summed E-state index contributed by atoms with van der Waals surface area (Å²) in [5.41, 5.74) is 5.34. The van der Waals surface area contributed by atoms with Crippen LogP contribution in [0.2, 0.25) is 0 Å². The molecule has 0 nitrogen and oxygen atoms in total. The van der Waals surface area contributed by atoms with Gasteiger partial charge in [0.25, 0.3) is 0 Å². The Morgan fingerprint density at radius 1 is 1.00 bits per heavy atom. The summed E-state index contributed by atoms with van der Waals surface area (Å²) >= 11 is 7.39. The summed E-state index contributed by atoms with van der Waals surface area (Å²) in [7, 11) is 0. The molecule has 0 bridgehead atoms. The van der Waals surface area contributed by atoms with Gasteiger partial charge in [-0.1, -0.05) is 68.3 Å². The van der Waals surface area contributed by atoms with Gasteiger partial charge in [-0.15, -0.1) is 0 Å². The maximum atomic E-state index is 3.79. The zero-order chi connectivity index (χ0) is 13.1. The van der Waals surface area contributed by atoms with Crippen LogP contribution in [0.3, 0.4) is 0 Å².